The fourth-order valence-corrected chi connectivity index (χ4v) is 1.98. The highest BCUT2D eigenvalue weighted by atomic mass is 127. The van der Waals surface area contributed by atoms with Crippen LogP contribution in [-0.4, -0.2) is 8.70 Å². The molecule has 0 saturated carbocycles. The summed E-state index contributed by atoms with van der Waals surface area (Å²) >= 11 is 1.77. The molecule has 6 heteroatoms. The Morgan fingerprint density at radius 3 is 2.74 bits per heavy atom. The summed E-state index contributed by atoms with van der Waals surface area (Å²) in [5.41, 5.74) is 0.844. The lowest BCUT2D eigenvalue weighted by Gasteiger charge is -2.10. The number of hydrogen-bond donors (Lipinski definition) is 2. The molecule has 1 aromatic heterocycles. The van der Waals surface area contributed by atoms with Crippen LogP contribution < -0.4 is 5.32 Å². The molecule has 2 aromatic rings. The van der Waals surface area contributed by atoms with E-state index in [4.69, 9.17) is 5.41 Å². The average molecular weight is 373 g/mol. The van der Waals surface area contributed by atoms with Crippen LogP contribution in [0, 0.1) is 17.0 Å². The van der Waals surface area contributed by atoms with Gasteiger partial charge in [-0.3, -0.25) is 5.41 Å². The number of nitrogens with one attached hydrogen (secondary N) is 2. The van der Waals surface area contributed by atoms with Crippen molar-refractivity contribution in [2.45, 2.75) is 6.54 Å². The van der Waals surface area contributed by atoms with Gasteiger partial charge in [0.1, 0.15) is 21.2 Å². The first-order valence-electron chi connectivity index (χ1n) is 5.45. The Bertz CT molecular complexity index is 617. The summed E-state index contributed by atoms with van der Waals surface area (Å²) in [7, 11) is 0. The second-order valence-corrected chi connectivity index (χ2v) is 4.89. The van der Waals surface area contributed by atoms with Crippen molar-refractivity contribution in [3.8, 4) is 0 Å². The van der Waals surface area contributed by atoms with E-state index >= 15 is 0 Å². The first kappa shape index (κ1) is 13.9. The zero-order chi connectivity index (χ0) is 13.8. The fourth-order valence-electron chi connectivity index (χ4n) is 1.57. The molecule has 0 amide bonds. The van der Waals surface area contributed by atoms with E-state index in [0.29, 0.717) is 16.9 Å². The summed E-state index contributed by atoms with van der Waals surface area (Å²) < 4.78 is 26.7. The molecule has 1 heterocycles. The quantitative estimate of drug-likeness (QED) is 0.634. The van der Waals surface area contributed by atoms with Gasteiger partial charge in [0.25, 0.3) is 0 Å². The highest BCUT2D eigenvalue weighted by Crippen LogP contribution is 2.18. The summed E-state index contributed by atoms with van der Waals surface area (Å²) in [5, 5.41) is 10.5. The van der Waals surface area contributed by atoms with Crippen molar-refractivity contribution in [1.29, 1.82) is 5.41 Å². The van der Waals surface area contributed by atoms with Gasteiger partial charge in [-0.25, -0.2) is 13.8 Å². The second kappa shape index (κ2) is 6.05. The minimum atomic E-state index is -0.507. The van der Waals surface area contributed by atoms with E-state index in [1.165, 1.54) is 12.1 Å². The van der Waals surface area contributed by atoms with Crippen molar-refractivity contribution in [2.75, 3.05) is 5.32 Å². The van der Waals surface area contributed by atoms with E-state index in [9.17, 15) is 8.78 Å². The predicted octanol–water partition coefficient (Wildman–Crippen LogP) is 3.73. The Morgan fingerprint density at radius 2 is 2.05 bits per heavy atom. The summed E-state index contributed by atoms with van der Waals surface area (Å²) in [6.07, 6.45) is 1.06. The lowest BCUT2D eigenvalue weighted by molar-refractivity contribution is 0.612. The van der Waals surface area contributed by atoms with Gasteiger partial charge in [-0.05, 0) is 34.7 Å². The highest BCUT2D eigenvalue weighted by molar-refractivity contribution is 14.1. The lowest BCUT2D eigenvalue weighted by Crippen LogP contribution is -2.07. The summed E-state index contributed by atoms with van der Waals surface area (Å²) in [5.74, 6) is -0.458. The molecule has 0 aliphatic rings. The Labute approximate surface area is 122 Å². The third-order valence-corrected chi connectivity index (χ3v) is 3.08. The molecular formula is C13H10F2IN3. The normalized spacial score (nSPS) is 10.3. The summed E-state index contributed by atoms with van der Waals surface area (Å²) in [4.78, 5) is 3.89. The molecule has 2 rings (SSSR count). The third kappa shape index (κ3) is 3.46. The highest BCUT2D eigenvalue weighted by Gasteiger charge is 2.09. The number of rotatable bonds is 4. The Balaban J connectivity index is 2.20. The molecule has 0 bridgehead atoms. The Morgan fingerprint density at radius 1 is 1.32 bits per heavy atom. The average Bonchev–Trinajstić information content (AvgIpc) is 2.38. The zero-order valence-electron chi connectivity index (χ0n) is 9.75. The molecule has 0 fully saturated rings. The second-order valence-electron chi connectivity index (χ2n) is 3.81. The van der Waals surface area contributed by atoms with Gasteiger partial charge in [0.2, 0.25) is 0 Å². The smallest absolute Gasteiger partial charge is 0.142 e. The summed E-state index contributed by atoms with van der Waals surface area (Å²) in [6.45, 7) is 0.224. The van der Waals surface area contributed by atoms with Crippen molar-refractivity contribution >= 4 is 32.1 Å². The van der Waals surface area contributed by atoms with Crippen molar-refractivity contribution in [2.24, 2.45) is 0 Å². The number of nitrogens with zero attached hydrogens (tertiary/aromatic N) is 1. The SMILES string of the molecule is N=C(I)c1cc(F)cnc1NCc1ccccc1F. The van der Waals surface area contributed by atoms with Gasteiger partial charge < -0.3 is 5.32 Å². The third-order valence-electron chi connectivity index (χ3n) is 2.49. The molecule has 0 saturated heterocycles. The van der Waals surface area contributed by atoms with Gasteiger partial charge in [-0.2, -0.15) is 0 Å². The van der Waals surface area contributed by atoms with E-state index in [-0.39, 0.29) is 16.1 Å². The van der Waals surface area contributed by atoms with E-state index in [2.05, 4.69) is 10.3 Å². The molecule has 0 aliphatic carbocycles. The monoisotopic (exact) mass is 373 g/mol. The van der Waals surface area contributed by atoms with Crippen LogP contribution in [0.4, 0.5) is 14.6 Å². The molecular weight excluding hydrogens is 363 g/mol. The van der Waals surface area contributed by atoms with Gasteiger partial charge in [0, 0.05) is 12.1 Å². The minimum absolute atomic E-state index is 0.167. The molecule has 0 atom stereocenters. The summed E-state index contributed by atoms with van der Waals surface area (Å²) in [6, 6.07) is 7.60. The molecule has 98 valence electrons. The van der Waals surface area contributed by atoms with Crippen LogP contribution in [-0.2, 0) is 6.54 Å². The molecule has 0 unspecified atom stereocenters. The molecule has 0 radical (unpaired) electrons. The van der Waals surface area contributed by atoms with Gasteiger partial charge in [0.15, 0.2) is 0 Å². The molecule has 3 nitrogen and oxygen atoms in total. The van der Waals surface area contributed by atoms with E-state index in [1.807, 2.05) is 0 Å². The van der Waals surface area contributed by atoms with Gasteiger partial charge in [-0.1, -0.05) is 18.2 Å². The molecule has 0 aliphatic heterocycles. The maximum absolute atomic E-state index is 13.5. The van der Waals surface area contributed by atoms with Crippen LogP contribution in [0.5, 0.6) is 0 Å². The van der Waals surface area contributed by atoms with Gasteiger partial charge in [0.05, 0.1) is 11.8 Å². The number of anilines is 1. The fraction of sp³-hybridized carbons (Fsp3) is 0.0769. The van der Waals surface area contributed by atoms with Crippen molar-refractivity contribution in [3.63, 3.8) is 0 Å². The van der Waals surface area contributed by atoms with Crippen LogP contribution in [0.25, 0.3) is 0 Å². The molecule has 2 N–H and O–H groups in total. The van der Waals surface area contributed by atoms with Crippen molar-refractivity contribution in [3.05, 3.63) is 59.3 Å². The van der Waals surface area contributed by atoms with Gasteiger partial charge in [-0.15, -0.1) is 0 Å². The molecule has 19 heavy (non-hydrogen) atoms. The van der Waals surface area contributed by atoms with Crippen LogP contribution in [0.2, 0.25) is 0 Å². The first-order chi connectivity index (χ1) is 9.08. The topological polar surface area (TPSA) is 48.8 Å². The number of halogens is 3. The number of aromatic nitrogens is 1. The van der Waals surface area contributed by atoms with E-state index < -0.39 is 5.82 Å². The van der Waals surface area contributed by atoms with Crippen LogP contribution in [0.1, 0.15) is 11.1 Å². The maximum atomic E-state index is 13.5. The van der Waals surface area contributed by atoms with Crippen LogP contribution >= 0.6 is 22.6 Å². The maximum Gasteiger partial charge on any atom is 0.142 e. The number of hydrogen-bond acceptors (Lipinski definition) is 3. The largest absolute Gasteiger partial charge is 0.365 e. The lowest BCUT2D eigenvalue weighted by atomic mass is 10.2. The van der Waals surface area contributed by atoms with E-state index in [1.54, 1.807) is 40.8 Å². The predicted molar refractivity (Wildman–Crippen MR) is 78.8 cm³/mol. The molecule has 0 spiro atoms. The standard InChI is InChI=1S/C13H10F2IN3/c14-9-5-10(12(16)17)13(19-7-9)18-6-8-3-1-2-4-11(8)15/h1-5,7,17H,6H2,(H,18,19). The van der Waals surface area contributed by atoms with Crippen LogP contribution in [0.15, 0.2) is 36.5 Å². The minimum Gasteiger partial charge on any atom is -0.365 e. The first-order valence-corrected chi connectivity index (χ1v) is 6.53. The number of benzene rings is 1. The number of pyridine rings is 1. The van der Waals surface area contributed by atoms with E-state index in [0.717, 1.165) is 6.20 Å². The Hall–Kier alpha value is -1.57. The zero-order valence-corrected chi connectivity index (χ0v) is 11.9. The van der Waals surface area contributed by atoms with Crippen LogP contribution in [0.3, 0.4) is 0 Å². The van der Waals surface area contributed by atoms with Gasteiger partial charge >= 0.3 is 0 Å². The van der Waals surface area contributed by atoms with Crippen molar-refractivity contribution < 1.29 is 8.78 Å². The Kier molecular flexibility index (Phi) is 4.41. The molecule has 1 aromatic carbocycles. The van der Waals surface area contributed by atoms with Crippen molar-refractivity contribution in [1.82, 2.24) is 4.98 Å².